The lowest BCUT2D eigenvalue weighted by Crippen LogP contribution is -2.60. The lowest BCUT2D eigenvalue weighted by atomic mass is 10.1. The van der Waals surface area contributed by atoms with Crippen LogP contribution >= 0.6 is 0 Å². The van der Waals surface area contributed by atoms with Crippen LogP contribution in [0, 0.1) is 12.8 Å². The van der Waals surface area contributed by atoms with Gasteiger partial charge in [-0.25, -0.2) is 0 Å². The molecule has 25 heavy (non-hydrogen) atoms. The SMILES string of the molecule is Cc1cc(C(=O)N2CCC3C(=O)N(CC(C)C)CC(=O)N3CC2)no1. The molecule has 2 aliphatic rings. The standard InChI is InChI=1S/C17H24N4O4/c1-11(2)9-20-10-15(22)21-7-6-19(5-4-14(21)17(20)24)16(23)13-8-12(3)25-18-13/h8,11,14H,4-7,9-10H2,1-3H3. The van der Waals surface area contributed by atoms with Crippen LogP contribution in [0.5, 0.6) is 0 Å². The zero-order chi connectivity index (χ0) is 18.1. The fourth-order valence-electron chi connectivity index (χ4n) is 3.46. The predicted octanol–water partition coefficient (Wildman–Crippen LogP) is 0.524. The molecule has 3 heterocycles. The van der Waals surface area contributed by atoms with Gasteiger partial charge in [0, 0.05) is 32.2 Å². The van der Waals surface area contributed by atoms with E-state index < -0.39 is 6.04 Å². The summed E-state index contributed by atoms with van der Waals surface area (Å²) in [5.74, 6) is 0.597. The lowest BCUT2D eigenvalue weighted by molar-refractivity contribution is -0.156. The Kier molecular flexibility index (Phi) is 4.78. The molecule has 0 aromatic carbocycles. The second-order valence-electron chi connectivity index (χ2n) is 7.12. The Hall–Kier alpha value is -2.38. The summed E-state index contributed by atoms with van der Waals surface area (Å²) in [6, 6.07) is 1.12. The molecule has 0 spiro atoms. The Morgan fingerprint density at radius 2 is 2.08 bits per heavy atom. The minimum absolute atomic E-state index is 0.0140. The first-order chi connectivity index (χ1) is 11.9. The zero-order valence-electron chi connectivity index (χ0n) is 14.9. The number of amides is 3. The molecule has 0 radical (unpaired) electrons. The van der Waals surface area contributed by atoms with E-state index in [-0.39, 0.29) is 30.0 Å². The number of hydrogen-bond acceptors (Lipinski definition) is 5. The summed E-state index contributed by atoms with van der Waals surface area (Å²) in [4.78, 5) is 42.7. The van der Waals surface area contributed by atoms with E-state index in [4.69, 9.17) is 4.52 Å². The number of carbonyl (C=O) groups excluding carboxylic acids is 3. The molecule has 0 bridgehead atoms. The summed E-state index contributed by atoms with van der Waals surface area (Å²) in [5, 5.41) is 3.76. The molecule has 2 fully saturated rings. The van der Waals surface area contributed by atoms with Crippen molar-refractivity contribution in [3.63, 3.8) is 0 Å². The van der Waals surface area contributed by atoms with Gasteiger partial charge in [-0.15, -0.1) is 0 Å². The third kappa shape index (κ3) is 3.52. The number of aromatic nitrogens is 1. The normalized spacial score (nSPS) is 21.6. The molecule has 0 aliphatic carbocycles. The average Bonchev–Trinajstić information content (AvgIpc) is 2.85. The number of fused-ring (bicyclic) bond motifs is 1. The summed E-state index contributed by atoms with van der Waals surface area (Å²) in [7, 11) is 0. The molecule has 136 valence electrons. The fourth-order valence-corrected chi connectivity index (χ4v) is 3.46. The van der Waals surface area contributed by atoms with E-state index in [1.54, 1.807) is 27.7 Å². The van der Waals surface area contributed by atoms with Gasteiger partial charge in [-0.2, -0.15) is 0 Å². The van der Waals surface area contributed by atoms with E-state index in [9.17, 15) is 14.4 Å². The number of carbonyl (C=O) groups is 3. The molecule has 3 amide bonds. The maximum absolute atomic E-state index is 12.7. The number of hydrogen-bond donors (Lipinski definition) is 0. The molecule has 1 unspecified atom stereocenters. The van der Waals surface area contributed by atoms with Crippen LogP contribution in [0.15, 0.2) is 10.6 Å². The number of nitrogens with zero attached hydrogens (tertiary/aromatic N) is 4. The van der Waals surface area contributed by atoms with Gasteiger partial charge in [0.15, 0.2) is 5.69 Å². The molecule has 8 heteroatoms. The first kappa shape index (κ1) is 17.4. The molecular weight excluding hydrogens is 324 g/mol. The number of piperazine rings is 1. The van der Waals surface area contributed by atoms with Crippen molar-refractivity contribution in [2.45, 2.75) is 33.2 Å². The minimum Gasteiger partial charge on any atom is -0.361 e. The highest BCUT2D eigenvalue weighted by molar-refractivity contribution is 5.95. The van der Waals surface area contributed by atoms with Gasteiger partial charge in [0.25, 0.3) is 5.91 Å². The second-order valence-corrected chi connectivity index (χ2v) is 7.12. The van der Waals surface area contributed by atoms with Gasteiger partial charge < -0.3 is 19.2 Å². The van der Waals surface area contributed by atoms with E-state index in [0.717, 1.165) is 0 Å². The molecule has 8 nitrogen and oxygen atoms in total. The maximum Gasteiger partial charge on any atom is 0.276 e. The quantitative estimate of drug-likeness (QED) is 0.795. The first-order valence-electron chi connectivity index (χ1n) is 8.67. The van der Waals surface area contributed by atoms with Crippen LogP contribution in [0.2, 0.25) is 0 Å². The number of aryl methyl sites for hydroxylation is 1. The van der Waals surface area contributed by atoms with Gasteiger partial charge in [0.1, 0.15) is 11.8 Å². The monoisotopic (exact) mass is 348 g/mol. The third-order valence-corrected chi connectivity index (χ3v) is 4.62. The minimum atomic E-state index is -0.475. The molecule has 2 saturated heterocycles. The van der Waals surface area contributed by atoms with Crippen molar-refractivity contribution in [2.75, 3.05) is 32.7 Å². The van der Waals surface area contributed by atoms with Crippen LogP contribution in [0.4, 0.5) is 0 Å². The molecule has 0 N–H and O–H groups in total. The highest BCUT2D eigenvalue weighted by atomic mass is 16.5. The van der Waals surface area contributed by atoms with Crippen LogP contribution in [0.1, 0.15) is 36.5 Å². The van der Waals surface area contributed by atoms with Crippen LogP contribution < -0.4 is 0 Å². The molecule has 1 aromatic heterocycles. The van der Waals surface area contributed by atoms with Crippen molar-refractivity contribution < 1.29 is 18.9 Å². The summed E-state index contributed by atoms with van der Waals surface area (Å²) in [6.07, 6.45) is 0.446. The Balaban J connectivity index is 1.72. The summed E-state index contributed by atoms with van der Waals surface area (Å²) >= 11 is 0. The lowest BCUT2D eigenvalue weighted by Gasteiger charge is -2.39. The predicted molar refractivity (Wildman–Crippen MR) is 88.7 cm³/mol. The Labute approximate surface area is 146 Å². The first-order valence-corrected chi connectivity index (χ1v) is 8.67. The van der Waals surface area contributed by atoms with E-state index >= 15 is 0 Å². The van der Waals surface area contributed by atoms with Crippen LogP contribution in [-0.2, 0) is 9.59 Å². The average molecular weight is 348 g/mol. The van der Waals surface area contributed by atoms with Gasteiger partial charge in [0.05, 0.1) is 6.54 Å². The van der Waals surface area contributed by atoms with Crippen molar-refractivity contribution >= 4 is 17.7 Å². The molecule has 3 rings (SSSR count). The zero-order valence-corrected chi connectivity index (χ0v) is 14.9. The fraction of sp³-hybridized carbons (Fsp3) is 0.647. The van der Waals surface area contributed by atoms with Gasteiger partial charge in [-0.05, 0) is 19.3 Å². The van der Waals surface area contributed by atoms with Crippen molar-refractivity contribution in [3.05, 3.63) is 17.5 Å². The third-order valence-electron chi connectivity index (χ3n) is 4.62. The van der Waals surface area contributed by atoms with Crippen molar-refractivity contribution in [1.82, 2.24) is 19.9 Å². The maximum atomic E-state index is 12.7. The molecular formula is C17H24N4O4. The van der Waals surface area contributed by atoms with Crippen LogP contribution in [0.3, 0.4) is 0 Å². The Morgan fingerprint density at radius 3 is 2.72 bits per heavy atom. The van der Waals surface area contributed by atoms with E-state index in [1.165, 1.54) is 0 Å². The second kappa shape index (κ2) is 6.85. The summed E-state index contributed by atoms with van der Waals surface area (Å²) < 4.78 is 4.96. The van der Waals surface area contributed by atoms with Crippen LogP contribution in [-0.4, -0.2) is 76.3 Å². The summed E-state index contributed by atoms with van der Waals surface area (Å²) in [5.41, 5.74) is 0.261. The summed E-state index contributed by atoms with van der Waals surface area (Å²) in [6.45, 7) is 7.67. The van der Waals surface area contributed by atoms with Gasteiger partial charge in [-0.1, -0.05) is 19.0 Å². The molecule has 1 aromatic rings. The van der Waals surface area contributed by atoms with E-state index in [1.807, 2.05) is 13.8 Å². The highest BCUT2D eigenvalue weighted by Gasteiger charge is 2.41. The van der Waals surface area contributed by atoms with Gasteiger partial charge in [-0.3, -0.25) is 14.4 Å². The smallest absolute Gasteiger partial charge is 0.276 e. The van der Waals surface area contributed by atoms with Gasteiger partial charge >= 0.3 is 0 Å². The molecule has 1 atom stereocenters. The van der Waals surface area contributed by atoms with E-state index in [2.05, 4.69) is 5.16 Å². The van der Waals surface area contributed by atoms with Crippen molar-refractivity contribution in [2.24, 2.45) is 5.92 Å². The van der Waals surface area contributed by atoms with Crippen molar-refractivity contribution in [1.29, 1.82) is 0 Å². The van der Waals surface area contributed by atoms with Crippen molar-refractivity contribution in [3.8, 4) is 0 Å². The number of rotatable bonds is 3. The Bertz CT molecular complexity index is 684. The molecule has 0 saturated carbocycles. The highest BCUT2D eigenvalue weighted by Crippen LogP contribution is 2.21. The Morgan fingerprint density at radius 1 is 1.32 bits per heavy atom. The van der Waals surface area contributed by atoms with E-state index in [0.29, 0.717) is 44.3 Å². The van der Waals surface area contributed by atoms with Crippen LogP contribution in [0.25, 0.3) is 0 Å². The molecule has 2 aliphatic heterocycles. The van der Waals surface area contributed by atoms with Gasteiger partial charge in [0.2, 0.25) is 11.8 Å². The largest absolute Gasteiger partial charge is 0.361 e. The topological polar surface area (TPSA) is 87.0 Å².